The Balaban J connectivity index is 1.82. The maximum absolute atomic E-state index is 11.3. The van der Waals surface area contributed by atoms with Gasteiger partial charge in [0.1, 0.15) is 17.4 Å². The van der Waals surface area contributed by atoms with Crippen LogP contribution in [0, 0.1) is 20.8 Å². The third kappa shape index (κ3) is 4.11. The van der Waals surface area contributed by atoms with Gasteiger partial charge in [-0.15, -0.1) is 11.3 Å². The Morgan fingerprint density at radius 2 is 1.96 bits per heavy atom. The molecule has 3 rings (SSSR count). The average Bonchev–Trinajstić information content (AvgIpc) is 3.07. The fraction of sp³-hybridized carbons (Fsp3) is 0.238. The van der Waals surface area contributed by atoms with E-state index in [4.69, 9.17) is 4.74 Å². The Morgan fingerprint density at radius 1 is 1.19 bits per heavy atom. The van der Waals surface area contributed by atoms with Crippen LogP contribution in [0.4, 0.5) is 10.5 Å². The average molecular weight is 382 g/mol. The van der Waals surface area contributed by atoms with Crippen molar-refractivity contribution in [3.63, 3.8) is 0 Å². The second-order valence-corrected chi connectivity index (χ2v) is 7.34. The van der Waals surface area contributed by atoms with Crippen molar-refractivity contribution in [2.24, 2.45) is 0 Å². The topological polar surface area (TPSA) is 62.7 Å². The highest BCUT2D eigenvalue weighted by Gasteiger charge is 2.15. The van der Waals surface area contributed by atoms with Crippen molar-refractivity contribution >= 4 is 23.1 Å². The fourth-order valence-electron chi connectivity index (χ4n) is 2.87. The van der Waals surface area contributed by atoms with E-state index in [1.54, 1.807) is 17.4 Å². The van der Waals surface area contributed by atoms with E-state index in [0.29, 0.717) is 12.3 Å². The highest BCUT2D eigenvalue weighted by Crippen LogP contribution is 2.30. The van der Waals surface area contributed by atoms with E-state index in [0.717, 1.165) is 38.7 Å². The molecule has 1 heterocycles. The summed E-state index contributed by atoms with van der Waals surface area (Å²) in [6, 6.07) is 11.6. The number of aromatic nitrogens is 1. The third-order valence-electron chi connectivity index (χ3n) is 4.45. The summed E-state index contributed by atoms with van der Waals surface area (Å²) in [4.78, 5) is 17.1. The number of carbonyl (C=O) groups is 1. The van der Waals surface area contributed by atoms with Crippen LogP contribution >= 0.6 is 11.3 Å². The highest BCUT2D eigenvalue weighted by atomic mass is 32.1. The molecule has 0 bridgehead atoms. The first-order chi connectivity index (χ1) is 12.9. The first-order valence-electron chi connectivity index (χ1n) is 8.58. The molecule has 0 saturated carbocycles. The molecule has 0 saturated heterocycles. The number of aryl methyl sites for hydroxylation is 3. The minimum atomic E-state index is -0.999. The standard InChI is InChI=1S/C21H22N2O3S/c1-13-6-5-7-18(23(4)21(24)25)17(13)11-26-19-9-8-16(10-14(19)2)20-22-15(3)12-27-20/h5-10,12H,11H2,1-4H3,(H,24,25). The van der Waals surface area contributed by atoms with Crippen molar-refractivity contribution < 1.29 is 14.6 Å². The van der Waals surface area contributed by atoms with Gasteiger partial charge in [-0.2, -0.15) is 0 Å². The van der Waals surface area contributed by atoms with Gasteiger partial charge in [-0.1, -0.05) is 12.1 Å². The van der Waals surface area contributed by atoms with Gasteiger partial charge in [0.15, 0.2) is 0 Å². The number of ether oxygens (including phenoxy) is 1. The first kappa shape index (κ1) is 18.9. The fourth-order valence-corrected chi connectivity index (χ4v) is 3.67. The quantitative estimate of drug-likeness (QED) is 0.639. The first-order valence-corrected chi connectivity index (χ1v) is 9.46. The van der Waals surface area contributed by atoms with Crippen LogP contribution in [-0.4, -0.2) is 23.2 Å². The van der Waals surface area contributed by atoms with Crippen molar-refractivity contribution in [1.29, 1.82) is 0 Å². The van der Waals surface area contributed by atoms with Crippen molar-refractivity contribution in [3.05, 3.63) is 64.2 Å². The van der Waals surface area contributed by atoms with Gasteiger partial charge in [0, 0.05) is 29.2 Å². The Morgan fingerprint density at radius 3 is 2.59 bits per heavy atom. The molecular formula is C21H22N2O3S. The van der Waals surface area contributed by atoms with Gasteiger partial charge in [0.25, 0.3) is 0 Å². The Kier molecular flexibility index (Phi) is 5.46. The summed E-state index contributed by atoms with van der Waals surface area (Å²) in [7, 11) is 1.54. The molecule has 140 valence electrons. The Bertz CT molecular complexity index is 981. The lowest BCUT2D eigenvalue weighted by atomic mass is 10.1. The minimum absolute atomic E-state index is 0.302. The normalized spacial score (nSPS) is 10.7. The van der Waals surface area contributed by atoms with Crippen LogP contribution in [-0.2, 0) is 6.61 Å². The molecule has 0 spiro atoms. The molecule has 1 amide bonds. The minimum Gasteiger partial charge on any atom is -0.489 e. The molecule has 2 aromatic carbocycles. The SMILES string of the molecule is Cc1csc(-c2ccc(OCc3c(C)cccc3N(C)C(=O)O)c(C)c2)n1. The number of carboxylic acid groups (broad SMARTS) is 1. The summed E-state index contributed by atoms with van der Waals surface area (Å²) in [5.41, 5.74) is 5.59. The number of thiazole rings is 1. The molecule has 6 heteroatoms. The van der Waals surface area contributed by atoms with Gasteiger partial charge in [0.05, 0.1) is 5.69 Å². The van der Waals surface area contributed by atoms with Crippen LogP contribution < -0.4 is 9.64 Å². The van der Waals surface area contributed by atoms with Gasteiger partial charge in [-0.3, -0.25) is 4.90 Å². The van der Waals surface area contributed by atoms with Gasteiger partial charge in [-0.25, -0.2) is 9.78 Å². The van der Waals surface area contributed by atoms with E-state index in [1.807, 2.05) is 50.4 Å². The molecule has 0 atom stereocenters. The van der Waals surface area contributed by atoms with Gasteiger partial charge in [0.2, 0.25) is 0 Å². The van der Waals surface area contributed by atoms with E-state index in [1.165, 1.54) is 11.9 Å². The number of hydrogen-bond donors (Lipinski definition) is 1. The molecule has 0 aliphatic heterocycles. The molecule has 5 nitrogen and oxygen atoms in total. The lowest BCUT2D eigenvalue weighted by Crippen LogP contribution is -2.25. The third-order valence-corrected chi connectivity index (χ3v) is 5.46. The molecule has 1 N–H and O–H groups in total. The van der Waals surface area contributed by atoms with Gasteiger partial charge in [-0.05, 0) is 56.2 Å². The second kappa shape index (κ2) is 7.80. The molecule has 0 radical (unpaired) electrons. The van der Waals surface area contributed by atoms with Crippen molar-refractivity contribution in [2.45, 2.75) is 27.4 Å². The maximum atomic E-state index is 11.3. The van der Waals surface area contributed by atoms with Crippen molar-refractivity contribution in [3.8, 4) is 16.3 Å². The van der Waals surface area contributed by atoms with Crippen LogP contribution in [0.15, 0.2) is 41.8 Å². The van der Waals surface area contributed by atoms with Crippen LogP contribution in [0.3, 0.4) is 0 Å². The van der Waals surface area contributed by atoms with E-state index in [2.05, 4.69) is 11.1 Å². The molecule has 0 fully saturated rings. The smallest absolute Gasteiger partial charge is 0.411 e. The number of hydrogen-bond acceptors (Lipinski definition) is 4. The second-order valence-electron chi connectivity index (χ2n) is 6.48. The van der Waals surface area contributed by atoms with E-state index >= 15 is 0 Å². The predicted molar refractivity (Wildman–Crippen MR) is 109 cm³/mol. The van der Waals surface area contributed by atoms with Gasteiger partial charge >= 0.3 is 6.09 Å². The predicted octanol–water partition coefficient (Wildman–Crippen LogP) is 5.43. The zero-order valence-corrected chi connectivity index (χ0v) is 16.6. The van der Waals surface area contributed by atoms with Crippen LogP contribution in [0.25, 0.3) is 10.6 Å². The summed E-state index contributed by atoms with van der Waals surface area (Å²) in [5.74, 6) is 0.777. The van der Waals surface area contributed by atoms with E-state index in [9.17, 15) is 9.90 Å². The maximum Gasteiger partial charge on any atom is 0.411 e. The molecule has 0 unspecified atom stereocenters. The zero-order chi connectivity index (χ0) is 19.6. The lowest BCUT2D eigenvalue weighted by Gasteiger charge is -2.20. The summed E-state index contributed by atoms with van der Waals surface area (Å²) in [6.45, 7) is 6.24. The summed E-state index contributed by atoms with van der Waals surface area (Å²) >= 11 is 1.62. The van der Waals surface area contributed by atoms with Crippen molar-refractivity contribution in [1.82, 2.24) is 4.98 Å². The lowest BCUT2D eigenvalue weighted by molar-refractivity contribution is 0.203. The number of nitrogens with zero attached hydrogens (tertiary/aromatic N) is 2. The summed E-state index contributed by atoms with van der Waals surface area (Å²) < 4.78 is 6.03. The number of benzene rings is 2. The monoisotopic (exact) mass is 382 g/mol. The van der Waals surface area contributed by atoms with Crippen molar-refractivity contribution in [2.75, 3.05) is 11.9 Å². The molecule has 1 aromatic heterocycles. The van der Waals surface area contributed by atoms with Crippen LogP contribution in [0.2, 0.25) is 0 Å². The van der Waals surface area contributed by atoms with E-state index < -0.39 is 6.09 Å². The molecule has 27 heavy (non-hydrogen) atoms. The van der Waals surface area contributed by atoms with Gasteiger partial charge < -0.3 is 9.84 Å². The van der Waals surface area contributed by atoms with E-state index in [-0.39, 0.29) is 0 Å². The number of amides is 1. The number of anilines is 1. The molecule has 3 aromatic rings. The zero-order valence-electron chi connectivity index (χ0n) is 15.8. The van der Waals surface area contributed by atoms with Crippen LogP contribution in [0.1, 0.15) is 22.4 Å². The molecule has 0 aliphatic carbocycles. The number of rotatable bonds is 5. The molecule has 0 aliphatic rings. The summed E-state index contributed by atoms with van der Waals surface area (Å²) in [5, 5.41) is 12.3. The van der Waals surface area contributed by atoms with Crippen LogP contribution in [0.5, 0.6) is 5.75 Å². The molecular weight excluding hydrogens is 360 g/mol. The largest absolute Gasteiger partial charge is 0.489 e. The Labute approximate surface area is 162 Å². The Hall–Kier alpha value is -2.86. The highest BCUT2D eigenvalue weighted by molar-refractivity contribution is 7.13. The summed E-state index contributed by atoms with van der Waals surface area (Å²) in [6.07, 6.45) is -0.999.